The molecule has 0 aliphatic heterocycles. The number of allylic oxidation sites excluding steroid dienone is 2. The second-order valence-electron chi connectivity index (χ2n) is 6.39. The Morgan fingerprint density at radius 2 is 0.700 bits per heavy atom. The van der Waals surface area contributed by atoms with Crippen LogP contribution in [0.3, 0.4) is 0 Å². The van der Waals surface area contributed by atoms with E-state index in [1.807, 2.05) is 27.7 Å². The first-order valence-electron chi connectivity index (χ1n) is 8.82. The second-order valence-corrected chi connectivity index (χ2v) is 6.39. The predicted molar refractivity (Wildman–Crippen MR) is 106 cm³/mol. The number of aliphatic carboxylic acids is 2. The first-order chi connectivity index (χ1) is 13.7. The van der Waals surface area contributed by atoms with E-state index in [2.05, 4.69) is 22.6 Å². The van der Waals surface area contributed by atoms with Crippen LogP contribution in [-0.2, 0) is 38.2 Å². The molecule has 0 aromatic rings. The van der Waals surface area contributed by atoms with Gasteiger partial charge < -0.3 is 19.7 Å². The molecule has 0 unspecified atom stereocenters. The molecule has 0 saturated carbocycles. The molecule has 0 aromatic carbocycles. The maximum absolute atomic E-state index is 11.1. The molecule has 0 fully saturated rings. The normalized spacial score (nSPS) is 8.80. The fraction of sp³-hybridized carbons (Fsp3) is 0.500. The summed E-state index contributed by atoms with van der Waals surface area (Å²) in [6.45, 7) is 15.0. The van der Waals surface area contributed by atoms with Crippen LogP contribution in [-0.4, -0.2) is 46.0 Å². The lowest BCUT2D eigenvalue weighted by molar-refractivity contribution is -0.165. The summed E-state index contributed by atoms with van der Waals surface area (Å²) in [6.07, 6.45) is -3.04. The minimum atomic E-state index is -1.23. The van der Waals surface area contributed by atoms with Gasteiger partial charge in [0.2, 0.25) is 0 Å². The van der Waals surface area contributed by atoms with Crippen molar-refractivity contribution in [2.75, 3.05) is 0 Å². The van der Waals surface area contributed by atoms with Crippen LogP contribution >= 0.6 is 0 Å². The Kier molecular flexibility index (Phi) is 19.9. The smallest absolute Gasteiger partial charge is 0.314 e. The van der Waals surface area contributed by atoms with Gasteiger partial charge in [-0.15, -0.1) is 13.2 Å². The molecule has 0 aliphatic carbocycles. The molecule has 0 aromatic heterocycles. The zero-order valence-electron chi connectivity index (χ0n) is 17.8. The van der Waals surface area contributed by atoms with Crippen molar-refractivity contribution in [3.63, 3.8) is 0 Å². The average molecular weight is 430 g/mol. The van der Waals surface area contributed by atoms with Crippen LogP contribution in [0.1, 0.15) is 66.2 Å². The van der Waals surface area contributed by atoms with E-state index in [4.69, 9.17) is 10.2 Å². The largest absolute Gasteiger partial charge is 0.481 e. The van der Waals surface area contributed by atoms with E-state index in [9.17, 15) is 28.8 Å². The molecule has 0 rings (SSSR count). The lowest BCUT2D eigenvalue weighted by atomic mass is 10.3. The minimum Gasteiger partial charge on any atom is -0.481 e. The van der Waals surface area contributed by atoms with E-state index < -0.39 is 74.3 Å². The van der Waals surface area contributed by atoms with Crippen LogP contribution in [0.4, 0.5) is 0 Å². The number of hydrogen-bond acceptors (Lipinski definition) is 8. The highest BCUT2D eigenvalue weighted by Gasteiger charge is 2.16. The molecular weight excluding hydrogens is 400 g/mol. The molecule has 170 valence electrons. The summed E-state index contributed by atoms with van der Waals surface area (Å²) < 4.78 is 8.45. The van der Waals surface area contributed by atoms with E-state index in [-0.39, 0.29) is 0 Å². The fourth-order valence-corrected chi connectivity index (χ4v) is 1.08. The zero-order chi connectivity index (χ0) is 24.3. The van der Waals surface area contributed by atoms with Crippen LogP contribution in [0.15, 0.2) is 24.3 Å². The van der Waals surface area contributed by atoms with Gasteiger partial charge in [0.15, 0.2) is 0 Å². The predicted octanol–water partition coefficient (Wildman–Crippen LogP) is 2.80. The summed E-state index contributed by atoms with van der Waals surface area (Å²) in [5.74, 6) is -6.67. The van der Waals surface area contributed by atoms with Crippen molar-refractivity contribution in [3.8, 4) is 0 Å². The Hall–Kier alpha value is -3.30. The van der Waals surface area contributed by atoms with Gasteiger partial charge in [0.05, 0.1) is 38.5 Å². The molecule has 30 heavy (non-hydrogen) atoms. The van der Waals surface area contributed by atoms with Crippen molar-refractivity contribution in [1.82, 2.24) is 0 Å². The van der Waals surface area contributed by atoms with Gasteiger partial charge in [-0.25, -0.2) is 0 Å². The third kappa shape index (κ3) is 35.7. The highest BCUT2D eigenvalue weighted by Crippen LogP contribution is 2.01. The molecule has 0 amide bonds. The SMILES string of the molecule is C=C(C)C.C=C(C)C.O=C(O)CCC(=O)OC(=O)CCC(=O)OC(=O)CCC(=O)O. The van der Waals surface area contributed by atoms with E-state index in [0.29, 0.717) is 0 Å². The third-order valence-corrected chi connectivity index (χ3v) is 2.07. The first kappa shape index (κ1) is 31.4. The molecule has 0 saturated heterocycles. The molecule has 0 radical (unpaired) electrons. The van der Waals surface area contributed by atoms with Crippen LogP contribution < -0.4 is 0 Å². The van der Waals surface area contributed by atoms with Gasteiger partial charge in [0.1, 0.15) is 0 Å². The summed E-state index contributed by atoms with van der Waals surface area (Å²) >= 11 is 0. The topological polar surface area (TPSA) is 161 Å². The number of carboxylic acid groups (broad SMARTS) is 2. The zero-order valence-corrected chi connectivity index (χ0v) is 17.8. The van der Waals surface area contributed by atoms with Crippen molar-refractivity contribution in [3.05, 3.63) is 24.3 Å². The fourth-order valence-electron chi connectivity index (χ4n) is 1.08. The Balaban J connectivity index is -0.000000771. The average Bonchev–Trinajstić information content (AvgIpc) is 2.55. The summed E-state index contributed by atoms with van der Waals surface area (Å²) in [7, 11) is 0. The highest BCUT2D eigenvalue weighted by molar-refractivity contribution is 5.91. The molecule has 10 nitrogen and oxygen atoms in total. The van der Waals surface area contributed by atoms with Crippen molar-refractivity contribution < 1.29 is 48.5 Å². The van der Waals surface area contributed by atoms with Gasteiger partial charge in [-0.05, 0) is 27.7 Å². The van der Waals surface area contributed by atoms with Crippen molar-refractivity contribution in [2.24, 2.45) is 0 Å². The van der Waals surface area contributed by atoms with Crippen molar-refractivity contribution >= 4 is 35.8 Å². The number of carbonyl (C=O) groups excluding carboxylic acids is 4. The highest BCUT2D eigenvalue weighted by atomic mass is 16.6. The van der Waals surface area contributed by atoms with Crippen molar-refractivity contribution in [1.29, 1.82) is 0 Å². The summed E-state index contributed by atoms with van der Waals surface area (Å²) in [6, 6.07) is 0. The molecule has 0 aliphatic rings. The van der Waals surface area contributed by atoms with Gasteiger partial charge in [-0.1, -0.05) is 11.1 Å². The van der Waals surface area contributed by atoms with Crippen molar-refractivity contribution in [2.45, 2.75) is 66.2 Å². The van der Waals surface area contributed by atoms with Crippen LogP contribution in [0.25, 0.3) is 0 Å². The molecule has 2 N–H and O–H groups in total. The van der Waals surface area contributed by atoms with Gasteiger partial charge >= 0.3 is 35.8 Å². The lowest BCUT2D eigenvalue weighted by Gasteiger charge is -2.03. The Labute approximate surface area is 175 Å². The Morgan fingerprint density at radius 3 is 0.867 bits per heavy atom. The number of carbonyl (C=O) groups is 6. The lowest BCUT2D eigenvalue weighted by Crippen LogP contribution is -2.17. The standard InChI is InChI=1S/C12H14O10.2C4H8/c13-7(14)1-3-9(17)21-11(19)5-6-12(20)22-10(18)4-2-8(15)16;2*1-4(2)3/h1-6H2,(H,13,14)(H,15,16);2*1H2,2-3H3. The van der Waals surface area contributed by atoms with Gasteiger partial charge in [-0.2, -0.15) is 0 Å². The Bertz CT molecular complexity index is 582. The molecule has 0 atom stereocenters. The molecular formula is C20H30O10. The Morgan fingerprint density at radius 1 is 0.533 bits per heavy atom. The number of esters is 4. The third-order valence-electron chi connectivity index (χ3n) is 2.07. The molecule has 0 bridgehead atoms. The van der Waals surface area contributed by atoms with E-state index in [1.54, 1.807) is 0 Å². The van der Waals surface area contributed by atoms with Crippen LogP contribution in [0.5, 0.6) is 0 Å². The number of carboxylic acids is 2. The maximum Gasteiger partial charge on any atom is 0.314 e. The number of ether oxygens (including phenoxy) is 2. The van der Waals surface area contributed by atoms with E-state index >= 15 is 0 Å². The minimum absolute atomic E-state index is 0.487. The van der Waals surface area contributed by atoms with Crippen LogP contribution in [0, 0.1) is 0 Å². The second kappa shape index (κ2) is 19.0. The van der Waals surface area contributed by atoms with Crippen LogP contribution in [0.2, 0.25) is 0 Å². The van der Waals surface area contributed by atoms with E-state index in [1.165, 1.54) is 11.1 Å². The van der Waals surface area contributed by atoms with Gasteiger partial charge in [0.25, 0.3) is 0 Å². The summed E-state index contributed by atoms with van der Waals surface area (Å²) in [5.41, 5.74) is 2.33. The molecule has 0 spiro atoms. The monoisotopic (exact) mass is 430 g/mol. The first-order valence-corrected chi connectivity index (χ1v) is 8.82. The summed E-state index contributed by atoms with van der Waals surface area (Å²) in [4.78, 5) is 64.6. The molecule has 10 heteroatoms. The maximum atomic E-state index is 11.1. The number of hydrogen-bond donors (Lipinski definition) is 2. The quantitative estimate of drug-likeness (QED) is 0.316. The van der Waals surface area contributed by atoms with Gasteiger partial charge in [-0.3, -0.25) is 28.8 Å². The molecule has 0 heterocycles. The van der Waals surface area contributed by atoms with E-state index in [0.717, 1.165) is 0 Å². The number of rotatable bonds is 9. The summed E-state index contributed by atoms with van der Waals surface area (Å²) in [5, 5.41) is 16.6. The van der Waals surface area contributed by atoms with Gasteiger partial charge in [0, 0.05) is 0 Å².